The number of aliphatic hydroxyl groups excluding tert-OH is 1. The van der Waals surface area contributed by atoms with Crippen LogP contribution in [0.1, 0.15) is 52.4 Å². The van der Waals surface area contributed by atoms with Gasteiger partial charge in [-0.15, -0.1) is 0 Å². The molecule has 0 heterocycles. The normalized spacial score (nSPS) is 12.2. The maximum absolute atomic E-state index is 11.3. The van der Waals surface area contributed by atoms with E-state index < -0.39 is 0 Å². The summed E-state index contributed by atoms with van der Waals surface area (Å²) in [5.74, 6) is 0.484. The maximum atomic E-state index is 11.3. The lowest BCUT2D eigenvalue weighted by molar-refractivity contribution is 0.122. The Balaban J connectivity index is 3.52. The molecule has 0 fully saturated rings. The minimum absolute atomic E-state index is 0.172. The number of nitrogens with one attached hydrogen (secondary N) is 1. The number of unbranched alkanes of at least 4 members (excludes halogenated alkanes) is 2. The Labute approximate surface area is 105 Å². The number of alkyl carbamates (subject to hydrolysis) is 1. The molecule has 0 bridgehead atoms. The lowest BCUT2D eigenvalue weighted by Crippen LogP contribution is -2.27. The third-order valence-electron chi connectivity index (χ3n) is 2.85. The van der Waals surface area contributed by atoms with Crippen molar-refractivity contribution in [2.75, 3.05) is 19.8 Å². The van der Waals surface area contributed by atoms with Crippen LogP contribution in [-0.2, 0) is 4.74 Å². The van der Waals surface area contributed by atoms with Crippen LogP contribution >= 0.6 is 0 Å². The molecule has 0 aromatic rings. The summed E-state index contributed by atoms with van der Waals surface area (Å²) in [4.78, 5) is 11.3. The maximum Gasteiger partial charge on any atom is 0.407 e. The fourth-order valence-corrected chi connectivity index (χ4v) is 1.57. The molecule has 0 spiro atoms. The number of ether oxygens (including phenoxy) is 1. The van der Waals surface area contributed by atoms with Gasteiger partial charge >= 0.3 is 6.09 Å². The number of carbonyl (C=O) groups is 1. The van der Waals surface area contributed by atoms with Crippen LogP contribution in [-0.4, -0.2) is 31.0 Å². The summed E-state index contributed by atoms with van der Waals surface area (Å²) < 4.78 is 5.16. The van der Waals surface area contributed by atoms with Crippen molar-refractivity contribution in [3.05, 3.63) is 0 Å². The Morgan fingerprint density at radius 1 is 1.29 bits per heavy atom. The molecule has 0 radical (unpaired) electrons. The van der Waals surface area contributed by atoms with E-state index in [1.165, 1.54) is 12.8 Å². The molecular weight excluding hydrogens is 218 g/mol. The van der Waals surface area contributed by atoms with Crippen molar-refractivity contribution in [2.45, 2.75) is 52.4 Å². The number of rotatable bonds is 10. The van der Waals surface area contributed by atoms with Gasteiger partial charge in [0.15, 0.2) is 0 Å². The van der Waals surface area contributed by atoms with Gasteiger partial charge in [0, 0.05) is 13.2 Å². The summed E-state index contributed by atoms with van der Waals surface area (Å²) in [6, 6.07) is 0. The lowest BCUT2D eigenvalue weighted by atomic mass is 10.0. The van der Waals surface area contributed by atoms with Crippen LogP contribution in [0.2, 0.25) is 0 Å². The molecule has 0 aromatic carbocycles. The van der Waals surface area contributed by atoms with Gasteiger partial charge in [-0.1, -0.05) is 33.1 Å². The number of carbonyl (C=O) groups excluding carboxylic acids is 1. The number of amides is 1. The van der Waals surface area contributed by atoms with Crippen LogP contribution in [0.3, 0.4) is 0 Å². The van der Waals surface area contributed by atoms with Crippen molar-refractivity contribution in [3.8, 4) is 0 Å². The highest BCUT2D eigenvalue weighted by Crippen LogP contribution is 2.12. The van der Waals surface area contributed by atoms with Gasteiger partial charge in [-0.2, -0.15) is 0 Å². The van der Waals surface area contributed by atoms with E-state index in [4.69, 9.17) is 9.84 Å². The summed E-state index contributed by atoms with van der Waals surface area (Å²) in [5.41, 5.74) is 0. The minimum atomic E-state index is -0.335. The molecule has 1 atom stereocenters. The summed E-state index contributed by atoms with van der Waals surface area (Å²) in [5, 5.41) is 11.3. The van der Waals surface area contributed by atoms with Crippen molar-refractivity contribution < 1.29 is 14.6 Å². The summed E-state index contributed by atoms with van der Waals surface area (Å²) in [6.07, 6.45) is 5.73. The molecule has 0 saturated carbocycles. The molecule has 2 N–H and O–H groups in total. The molecule has 4 heteroatoms. The van der Waals surface area contributed by atoms with Gasteiger partial charge in [-0.25, -0.2) is 4.79 Å². The lowest BCUT2D eigenvalue weighted by Gasteiger charge is -2.14. The monoisotopic (exact) mass is 245 g/mol. The van der Waals surface area contributed by atoms with Crippen molar-refractivity contribution in [1.82, 2.24) is 5.32 Å². The third-order valence-corrected chi connectivity index (χ3v) is 2.85. The highest BCUT2D eigenvalue weighted by molar-refractivity contribution is 5.66. The molecule has 0 aliphatic rings. The average Bonchev–Trinajstić information content (AvgIpc) is 2.35. The van der Waals surface area contributed by atoms with Crippen LogP contribution in [0.15, 0.2) is 0 Å². The van der Waals surface area contributed by atoms with Crippen LogP contribution in [0.5, 0.6) is 0 Å². The van der Waals surface area contributed by atoms with E-state index >= 15 is 0 Å². The zero-order valence-corrected chi connectivity index (χ0v) is 11.2. The summed E-state index contributed by atoms with van der Waals surface area (Å²) in [6.45, 7) is 5.56. The fraction of sp³-hybridized carbons (Fsp3) is 0.923. The summed E-state index contributed by atoms with van der Waals surface area (Å²) >= 11 is 0. The third kappa shape index (κ3) is 10.1. The molecule has 0 rings (SSSR count). The van der Waals surface area contributed by atoms with E-state index in [0.29, 0.717) is 25.5 Å². The SMILES string of the molecule is CCCCC(CC)COC(=O)NCCCCO. The molecule has 17 heavy (non-hydrogen) atoms. The minimum Gasteiger partial charge on any atom is -0.449 e. The van der Waals surface area contributed by atoms with Crippen molar-refractivity contribution in [3.63, 3.8) is 0 Å². The number of hydrogen-bond donors (Lipinski definition) is 2. The standard InChI is InChI=1S/C13H27NO3/c1-3-5-8-12(4-2)11-17-13(16)14-9-6-7-10-15/h12,15H,3-11H2,1-2H3,(H,14,16). The molecule has 0 aliphatic carbocycles. The quantitative estimate of drug-likeness (QED) is 0.582. The molecule has 0 aromatic heterocycles. The Morgan fingerprint density at radius 2 is 2.06 bits per heavy atom. The van der Waals surface area contributed by atoms with E-state index in [0.717, 1.165) is 19.3 Å². The molecule has 0 saturated heterocycles. The Bertz CT molecular complexity index is 186. The molecular formula is C13H27NO3. The first-order chi connectivity index (χ1) is 8.24. The second kappa shape index (κ2) is 11.7. The largest absolute Gasteiger partial charge is 0.449 e. The van der Waals surface area contributed by atoms with E-state index in [2.05, 4.69) is 19.2 Å². The Kier molecular flexibility index (Phi) is 11.2. The molecule has 1 unspecified atom stereocenters. The van der Waals surface area contributed by atoms with Crippen LogP contribution in [0.4, 0.5) is 4.79 Å². The van der Waals surface area contributed by atoms with Crippen molar-refractivity contribution in [2.24, 2.45) is 5.92 Å². The highest BCUT2D eigenvalue weighted by atomic mass is 16.5. The topological polar surface area (TPSA) is 58.6 Å². The zero-order valence-electron chi connectivity index (χ0n) is 11.2. The second-order valence-electron chi connectivity index (χ2n) is 4.37. The highest BCUT2D eigenvalue weighted by Gasteiger charge is 2.09. The van der Waals surface area contributed by atoms with Gasteiger partial charge in [-0.05, 0) is 25.2 Å². The van der Waals surface area contributed by atoms with Gasteiger partial charge in [0.25, 0.3) is 0 Å². The zero-order chi connectivity index (χ0) is 12.9. The van der Waals surface area contributed by atoms with Crippen molar-refractivity contribution >= 4 is 6.09 Å². The van der Waals surface area contributed by atoms with Gasteiger partial charge < -0.3 is 15.2 Å². The predicted octanol–water partition coefficient (Wildman–Crippen LogP) is 2.70. The van der Waals surface area contributed by atoms with Crippen LogP contribution in [0.25, 0.3) is 0 Å². The average molecular weight is 245 g/mol. The van der Waals surface area contributed by atoms with Crippen LogP contribution < -0.4 is 5.32 Å². The van der Waals surface area contributed by atoms with Crippen molar-refractivity contribution in [1.29, 1.82) is 0 Å². The van der Waals surface area contributed by atoms with E-state index in [1.54, 1.807) is 0 Å². The fourth-order valence-electron chi connectivity index (χ4n) is 1.57. The van der Waals surface area contributed by atoms with Crippen LogP contribution in [0, 0.1) is 5.92 Å². The number of hydrogen-bond acceptors (Lipinski definition) is 3. The first-order valence-corrected chi connectivity index (χ1v) is 6.76. The molecule has 102 valence electrons. The summed E-state index contributed by atoms with van der Waals surface area (Å²) in [7, 11) is 0. The van der Waals surface area contributed by atoms with Gasteiger partial charge in [0.1, 0.15) is 0 Å². The number of aliphatic hydroxyl groups is 1. The second-order valence-corrected chi connectivity index (χ2v) is 4.37. The molecule has 1 amide bonds. The smallest absolute Gasteiger partial charge is 0.407 e. The first kappa shape index (κ1) is 16.2. The Morgan fingerprint density at radius 3 is 2.65 bits per heavy atom. The van der Waals surface area contributed by atoms with E-state index in [1.807, 2.05) is 0 Å². The van der Waals surface area contributed by atoms with E-state index in [9.17, 15) is 4.79 Å². The van der Waals surface area contributed by atoms with E-state index in [-0.39, 0.29) is 12.7 Å². The molecule has 0 aliphatic heterocycles. The van der Waals surface area contributed by atoms with Gasteiger partial charge in [0.05, 0.1) is 6.61 Å². The Hall–Kier alpha value is -0.770. The predicted molar refractivity (Wildman–Crippen MR) is 69.0 cm³/mol. The van der Waals surface area contributed by atoms with Gasteiger partial charge in [-0.3, -0.25) is 0 Å². The van der Waals surface area contributed by atoms with Gasteiger partial charge in [0.2, 0.25) is 0 Å². The molecule has 4 nitrogen and oxygen atoms in total. The first-order valence-electron chi connectivity index (χ1n) is 6.76.